The molecule has 7 heteroatoms. The van der Waals surface area contributed by atoms with Crippen LogP contribution in [-0.2, 0) is 14.6 Å². The molecule has 1 aliphatic carbocycles. The van der Waals surface area contributed by atoms with E-state index in [1.165, 1.54) is 12.1 Å². The summed E-state index contributed by atoms with van der Waals surface area (Å²) in [6.45, 7) is 0. The van der Waals surface area contributed by atoms with Crippen molar-refractivity contribution in [2.45, 2.75) is 48.8 Å². The van der Waals surface area contributed by atoms with E-state index >= 15 is 0 Å². The minimum atomic E-state index is -3.77. The maximum atomic E-state index is 12.7. The molecule has 124 valence electrons. The van der Waals surface area contributed by atoms with Gasteiger partial charge in [0.05, 0.1) is 17.4 Å². The predicted molar refractivity (Wildman–Crippen MR) is 95.1 cm³/mol. The molecule has 0 radical (unpaired) electrons. The molecule has 0 spiro atoms. The summed E-state index contributed by atoms with van der Waals surface area (Å²) in [6, 6.07) is 8.27. The fourth-order valence-corrected chi connectivity index (χ4v) is 4.52. The van der Waals surface area contributed by atoms with Gasteiger partial charge in [0, 0.05) is 9.49 Å². The molecule has 1 unspecified atom stereocenters. The Morgan fingerprint density at radius 3 is 2.43 bits per heavy atom. The number of benzene rings is 1. The van der Waals surface area contributed by atoms with Crippen molar-refractivity contribution in [2.24, 2.45) is 5.92 Å². The van der Waals surface area contributed by atoms with Crippen LogP contribution in [0.3, 0.4) is 0 Å². The van der Waals surface area contributed by atoms with E-state index in [0.717, 1.165) is 35.7 Å². The smallest absolute Gasteiger partial charge is 0.224 e. The lowest BCUT2D eigenvalue weighted by atomic mass is 9.89. The van der Waals surface area contributed by atoms with Gasteiger partial charge in [-0.3, -0.25) is 4.79 Å². The zero-order valence-electron chi connectivity index (χ0n) is 12.7. The topological polar surface area (TPSA) is 87.0 Å². The molecule has 1 amide bonds. The average Bonchev–Trinajstić information content (AvgIpc) is 2.55. The standard InChI is InChI=1S/C16H19IN2O3S/c17-13-6-8-14(9-7-13)23(21,22)15(10-11-18)19-16(20)12-4-2-1-3-5-12/h6-9,12,15H,1-5,10H2,(H,19,20). The first-order valence-corrected chi connectivity index (χ1v) is 10.2. The highest BCUT2D eigenvalue weighted by molar-refractivity contribution is 14.1. The molecule has 0 heterocycles. The summed E-state index contributed by atoms with van der Waals surface area (Å²) < 4.78 is 26.3. The normalized spacial score (nSPS) is 17.2. The molecule has 0 aliphatic heterocycles. The summed E-state index contributed by atoms with van der Waals surface area (Å²) in [5.41, 5.74) is 0. The second kappa shape index (κ2) is 8.11. The molecule has 0 saturated heterocycles. The van der Waals surface area contributed by atoms with Crippen LogP contribution in [0, 0.1) is 20.8 Å². The molecular formula is C16H19IN2O3S. The van der Waals surface area contributed by atoms with Crippen LogP contribution in [0.4, 0.5) is 0 Å². The van der Waals surface area contributed by atoms with Crippen molar-refractivity contribution in [3.8, 4) is 6.07 Å². The minimum Gasteiger partial charge on any atom is -0.338 e. The van der Waals surface area contributed by atoms with E-state index in [1.807, 2.05) is 6.07 Å². The number of rotatable bonds is 5. The molecule has 1 aliphatic rings. The summed E-state index contributed by atoms with van der Waals surface area (Å²) in [5, 5.41) is 10.3. The molecule has 0 bridgehead atoms. The molecule has 1 N–H and O–H groups in total. The molecule has 1 aromatic carbocycles. The molecule has 1 saturated carbocycles. The van der Waals surface area contributed by atoms with Crippen molar-refractivity contribution in [3.63, 3.8) is 0 Å². The summed E-state index contributed by atoms with van der Waals surface area (Å²) in [6.07, 6.45) is 4.41. The lowest BCUT2D eigenvalue weighted by molar-refractivity contribution is -0.126. The highest BCUT2D eigenvalue weighted by Crippen LogP contribution is 2.25. The second-order valence-corrected chi connectivity index (χ2v) is 9.07. The molecule has 1 fully saturated rings. The third-order valence-corrected chi connectivity index (χ3v) is 6.75. The molecule has 0 aromatic heterocycles. The van der Waals surface area contributed by atoms with Crippen LogP contribution in [0.1, 0.15) is 38.5 Å². The first-order valence-electron chi connectivity index (χ1n) is 7.62. The van der Waals surface area contributed by atoms with Crippen molar-refractivity contribution in [3.05, 3.63) is 27.8 Å². The summed E-state index contributed by atoms with van der Waals surface area (Å²) in [5.74, 6) is -0.393. The second-order valence-electron chi connectivity index (χ2n) is 5.69. The molecule has 1 atom stereocenters. The van der Waals surface area contributed by atoms with Gasteiger partial charge in [0.25, 0.3) is 0 Å². The fraction of sp³-hybridized carbons (Fsp3) is 0.500. The molecule has 1 aromatic rings. The van der Waals surface area contributed by atoms with Crippen LogP contribution in [0.2, 0.25) is 0 Å². The van der Waals surface area contributed by atoms with Crippen molar-refractivity contribution in [1.82, 2.24) is 5.32 Å². The zero-order valence-corrected chi connectivity index (χ0v) is 15.6. The summed E-state index contributed by atoms with van der Waals surface area (Å²) >= 11 is 2.09. The van der Waals surface area contributed by atoms with Crippen LogP contribution in [-0.4, -0.2) is 19.7 Å². The Kier molecular flexibility index (Phi) is 6.41. The highest BCUT2D eigenvalue weighted by Gasteiger charge is 2.31. The average molecular weight is 446 g/mol. The monoisotopic (exact) mass is 446 g/mol. The van der Waals surface area contributed by atoms with E-state index in [9.17, 15) is 13.2 Å². The number of amides is 1. The van der Waals surface area contributed by atoms with Crippen molar-refractivity contribution in [2.75, 3.05) is 0 Å². The number of nitriles is 1. The van der Waals surface area contributed by atoms with Crippen molar-refractivity contribution in [1.29, 1.82) is 5.26 Å². The third-order valence-electron chi connectivity index (χ3n) is 4.07. The number of nitrogens with one attached hydrogen (secondary N) is 1. The Labute approximate surface area is 150 Å². The quantitative estimate of drug-likeness (QED) is 0.705. The van der Waals surface area contributed by atoms with Gasteiger partial charge < -0.3 is 5.32 Å². The number of carbonyl (C=O) groups excluding carboxylic acids is 1. The molecule has 23 heavy (non-hydrogen) atoms. The van der Waals surface area contributed by atoms with Gasteiger partial charge in [0.2, 0.25) is 5.91 Å². The van der Waals surface area contributed by atoms with Crippen LogP contribution in [0.5, 0.6) is 0 Å². The number of sulfone groups is 1. The lowest BCUT2D eigenvalue weighted by Crippen LogP contribution is -2.43. The van der Waals surface area contributed by atoms with E-state index < -0.39 is 15.2 Å². The van der Waals surface area contributed by atoms with Crippen molar-refractivity contribution >= 4 is 38.3 Å². The number of nitrogens with zero attached hydrogens (tertiary/aromatic N) is 1. The number of carbonyl (C=O) groups is 1. The van der Waals surface area contributed by atoms with Crippen LogP contribution < -0.4 is 5.32 Å². The summed E-state index contributed by atoms with van der Waals surface area (Å²) in [4.78, 5) is 12.5. The lowest BCUT2D eigenvalue weighted by Gasteiger charge is -2.24. The van der Waals surface area contributed by atoms with Gasteiger partial charge >= 0.3 is 0 Å². The zero-order chi connectivity index (χ0) is 16.9. The number of halogens is 1. The van der Waals surface area contributed by atoms with Gasteiger partial charge in [-0.05, 0) is 59.7 Å². The van der Waals surface area contributed by atoms with E-state index in [1.54, 1.807) is 12.1 Å². The maximum Gasteiger partial charge on any atom is 0.224 e. The van der Waals surface area contributed by atoms with E-state index in [4.69, 9.17) is 5.26 Å². The Balaban J connectivity index is 2.18. The van der Waals surface area contributed by atoms with Gasteiger partial charge in [-0.15, -0.1) is 0 Å². The minimum absolute atomic E-state index is 0.127. The van der Waals surface area contributed by atoms with E-state index in [-0.39, 0.29) is 23.1 Å². The Morgan fingerprint density at radius 1 is 1.26 bits per heavy atom. The number of hydrogen-bond donors (Lipinski definition) is 1. The van der Waals surface area contributed by atoms with E-state index in [0.29, 0.717) is 0 Å². The van der Waals surface area contributed by atoms with Gasteiger partial charge in [0.1, 0.15) is 5.37 Å². The Hall–Kier alpha value is -1.14. The van der Waals surface area contributed by atoms with E-state index in [2.05, 4.69) is 27.9 Å². The maximum absolute atomic E-state index is 12.7. The van der Waals surface area contributed by atoms with Crippen LogP contribution in [0.25, 0.3) is 0 Å². The molecule has 2 rings (SSSR count). The molecular weight excluding hydrogens is 427 g/mol. The Bertz CT molecular complexity index is 689. The van der Waals surface area contributed by atoms with Crippen molar-refractivity contribution < 1.29 is 13.2 Å². The number of hydrogen-bond acceptors (Lipinski definition) is 4. The Morgan fingerprint density at radius 2 is 1.87 bits per heavy atom. The van der Waals surface area contributed by atoms with Gasteiger partial charge in [-0.1, -0.05) is 19.3 Å². The van der Waals surface area contributed by atoms with Gasteiger partial charge in [-0.2, -0.15) is 5.26 Å². The predicted octanol–water partition coefficient (Wildman–Crippen LogP) is 3.00. The first kappa shape index (κ1) is 18.2. The van der Waals surface area contributed by atoms with Gasteiger partial charge in [-0.25, -0.2) is 8.42 Å². The summed E-state index contributed by atoms with van der Waals surface area (Å²) in [7, 11) is -3.77. The first-order chi connectivity index (χ1) is 10.9. The largest absolute Gasteiger partial charge is 0.338 e. The third kappa shape index (κ3) is 4.67. The van der Waals surface area contributed by atoms with Gasteiger partial charge in [0.15, 0.2) is 9.84 Å². The fourth-order valence-electron chi connectivity index (χ4n) is 2.75. The van der Waals surface area contributed by atoms with Crippen LogP contribution in [0.15, 0.2) is 29.2 Å². The molecule has 5 nitrogen and oxygen atoms in total. The SMILES string of the molecule is N#CCC(NC(=O)C1CCCCC1)S(=O)(=O)c1ccc(I)cc1. The van der Waals surface area contributed by atoms with Crippen LogP contribution >= 0.6 is 22.6 Å². The highest BCUT2D eigenvalue weighted by atomic mass is 127.